The molecule has 3 nitrogen and oxygen atoms in total. The van der Waals surface area contributed by atoms with Crippen molar-refractivity contribution in [2.75, 3.05) is 6.26 Å². The molecule has 1 N–H and O–H groups in total. The van der Waals surface area contributed by atoms with Gasteiger partial charge in [0, 0.05) is 11.8 Å². The van der Waals surface area contributed by atoms with Gasteiger partial charge in [0.05, 0.1) is 5.25 Å². The maximum atomic E-state index is 11.6. The largest absolute Gasteiger partial charge is 0.507 e. The summed E-state index contributed by atoms with van der Waals surface area (Å²) < 4.78 is 23.2. The molecule has 1 aromatic carbocycles. The van der Waals surface area contributed by atoms with Crippen molar-refractivity contribution in [3.05, 3.63) is 29.3 Å². The highest BCUT2D eigenvalue weighted by atomic mass is 32.2. The van der Waals surface area contributed by atoms with Gasteiger partial charge in [0.15, 0.2) is 9.84 Å². The van der Waals surface area contributed by atoms with Crippen molar-refractivity contribution in [1.29, 1.82) is 0 Å². The van der Waals surface area contributed by atoms with Crippen LogP contribution in [-0.4, -0.2) is 19.8 Å². The molecule has 0 saturated heterocycles. The molecule has 0 bridgehead atoms. The molecule has 0 amide bonds. The lowest BCUT2D eigenvalue weighted by Gasteiger charge is -2.19. The molecule has 0 spiro atoms. The summed E-state index contributed by atoms with van der Waals surface area (Å²) in [6.45, 7) is 5.75. The van der Waals surface area contributed by atoms with Crippen LogP contribution in [0.25, 0.3) is 0 Å². The van der Waals surface area contributed by atoms with Crippen LogP contribution in [-0.2, 0) is 9.84 Å². The zero-order valence-corrected chi connectivity index (χ0v) is 12.3. The van der Waals surface area contributed by atoms with Gasteiger partial charge in [-0.3, -0.25) is 0 Å². The molecule has 18 heavy (non-hydrogen) atoms. The number of sulfone groups is 1. The summed E-state index contributed by atoms with van der Waals surface area (Å²) in [5.41, 5.74) is 1.36. The van der Waals surface area contributed by atoms with Crippen LogP contribution in [0.5, 0.6) is 5.75 Å². The van der Waals surface area contributed by atoms with Crippen molar-refractivity contribution in [2.45, 2.75) is 44.8 Å². The van der Waals surface area contributed by atoms with Gasteiger partial charge in [0.25, 0.3) is 0 Å². The van der Waals surface area contributed by atoms with Gasteiger partial charge < -0.3 is 5.11 Å². The summed E-state index contributed by atoms with van der Waals surface area (Å²) in [6, 6.07) is 5.39. The van der Waals surface area contributed by atoms with E-state index in [0.717, 1.165) is 18.4 Å². The number of hydrogen-bond donors (Lipinski definition) is 1. The Hall–Kier alpha value is -1.03. The van der Waals surface area contributed by atoms with Gasteiger partial charge in [-0.05, 0) is 31.2 Å². The van der Waals surface area contributed by atoms with E-state index >= 15 is 0 Å². The average molecular weight is 270 g/mol. The Labute approximate surface area is 110 Å². The summed E-state index contributed by atoms with van der Waals surface area (Å²) in [4.78, 5) is 0. The van der Waals surface area contributed by atoms with Gasteiger partial charge in [0.1, 0.15) is 5.75 Å². The maximum Gasteiger partial charge on any atom is 0.154 e. The highest BCUT2D eigenvalue weighted by molar-refractivity contribution is 7.90. The number of benzene rings is 1. The monoisotopic (exact) mass is 270 g/mol. The standard InChI is InChI=1S/C14H22O3S/c1-5-11(6-2)13-9-7-8-12(14(13)15)10(3)18(4,16)17/h7-11,15H,5-6H2,1-4H3. The van der Waals surface area contributed by atoms with Crippen LogP contribution < -0.4 is 0 Å². The average Bonchev–Trinajstić information content (AvgIpc) is 2.30. The van der Waals surface area contributed by atoms with Gasteiger partial charge >= 0.3 is 0 Å². The third kappa shape index (κ3) is 3.05. The predicted octanol–water partition coefficient (Wildman–Crippen LogP) is 3.40. The fourth-order valence-electron chi connectivity index (χ4n) is 2.20. The van der Waals surface area contributed by atoms with Gasteiger partial charge in [0.2, 0.25) is 0 Å². The number of phenols is 1. The lowest BCUT2D eigenvalue weighted by molar-refractivity contribution is 0.449. The first kappa shape index (κ1) is 15.0. The summed E-state index contributed by atoms with van der Waals surface area (Å²) in [6.07, 6.45) is 3.06. The minimum atomic E-state index is -3.19. The lowest BCUT2D eigenvalue weighted by atomic mass is 9.91. The molecule has 0 aliphatic heterocycles. The molecule has 1 atom stereocenters. The van der Waals surface area contributed by atoms with Crippen molar-refractivity contribution in [2.24, 2.45) is 0 Å². The zero-order valence-electron chi connectivity index (χ0n) is 11.5. The van der Waals surface area contributed by atoms with Crippen molar-refractivity contribution in [3.8, 4) is 5.75 Å². The molecule has 0 heterocycles. The Balaban J connectivity index is 3.29. The van der Waals surface area contributed by atoms with Crippen molar-refractivity contribution in [3.63, 3.8) is 0 Å². The van der Waals surface area contributed by atoms with E-state index in [-0.39, 0.29) is 11.7 Å². The van der Waals surface area contributed by atoms with Crippen LogP contribution in [0.2, 0.25) is 0 Å². The van der Waals surface area contributed by atoms with E-state index in [9.17, 15) is 13.5 Å². The molecule has 4 heteroatoms. The number of hydrogen-bond acceptors (Lipinski definition) is 3. The second kappa shape index (κ2) is 5.74. The fourth-order valence-corrected chi connectivity index (χ4v) is 2.85. The van der Waals surface area contributed by atoms with Crippen molar-refractivity contribution in [1.82, 2.24) is 0 Å². The SMILES string of the molecule is CCC(CC)c1cccc(C(C)S(C)(=O)=O)c1O. The Morgan fingerprint density at radius 2 is 1.67 bits per heavy atom. The Bertz CT molecular complexity index is 502. The topological polar surface area (TPSA) is 54.4 Å². The second-order valence-electron chi connectivity index (χ2n) is 4.77. The van der Waals surface area contributed by atoms with Crippen LogP contribution >= 0.6 is 0 Å². The van der Waals surface area contributed by atoms with Gasteiger partial charge in [-0.25, -0.2) is 8.42 Å². The van der Waals surface area contributed by atoms with E-state index in [4.69, 9.17) is 0 Å². The molecule has 0 aromatic heterocycles. The molecular weight excluding hydrogens is 248 g/mol. The van der Waals surface area contributed by atoms with E-state index in [1.165, 1.54) is 6.26 Å². The molecule has 0 aliphatic rings. The number of rotatable bonds is 5. The third-order valence-corrected chi connectivity index (χ3v) is 5.14. The van der Waals surface area contributed by atoms with E-state index in [2.05, 4.69) is 13.8 Å². The molecule has 0 saturated carbocycles. The second-order valence-corrected chi connectivity index (χ2v) is 7.14. The Kier molecular flexibility index (Phi) is 4.79. The van der Waals surface area contributed by atoms with Crippen LogP contribution in [0.15, 0.2) is 18.2 Å². The molecule has 1 rings (SSSR count). The lowest BCUT2D eigenvalue weighted by Crippen LogP contribution is -2.09. The molecule has 0 aliphatic carbocycles. The first-order valence-electron chi connectivity index (χ1n) is 6.33. The van der Waals surface area contributed by atoms with E-state index in [1.54, 1.807) is 13.0 Å². The first-order chi connectivity index (χ1) is 8.32. The number of aromatic hydroxyl groups is 1. The van der Waals surface area contributed by atoms with Crippen molar-refractivity contribution >= 4 is 9.84 Å². The molecular formula is C14H22O3S. The highest BCUT2D eigenvalue weighted by Crippen LogP contribution is 2.37. The molecule has 0 fully saturated rings. The highest BCUT2D eigenvalue weighted by Gasteiger charge is 2.23. The molecule has 1 aromatic rings. The Morgan fingerprint density at radius 1 is 1.17 bits per heavy atom. The van der Waals surface area contributed by atoms with Crippen molar-refractivity contribution < 1.29 is 13.5 Å². The van der Waals surface area contributed by atoms with Gasteiger partial charge in [-0.2, -0.15) is 0 Å². The normalized spacial score (nSPS) is 13.8. The van der Waals surface area contributed by atoms with Gasteiger partial charge in [-0.1, -0.05) is 32.0 Å². The third-order valence-electron chi connectivity index (χ3n) is 3.60. The van der Waals surface area contributed by atoms with E-state index < -0.39 is 15.1 Å². The summed E-state index contributed by atoms with van der Waals surface area (Å²) >= 11 is 0. The number of para-hydroxylation sites is 1. The number of phenolic OH excluding ortho intramolecular Hbond substituents is 1. The summed E-state index contributed by atoms with van der Waals surface area (Å²) in [5.74, 6) is 0.417. The molecule has 0 radical (unpaired) electrons. The maximum absolute atomic E-state index is 11.6. The summed E-state index contributed by atoms with van der Waals surface area (Å²) in [7, 11) is -3.19. The van der Waals surface area contributed by atoms with Crippen LogP contribution in [0.3, 0.4) is 0 Å². The fraction of sp³-hybridized carbons (Fsp3) is 0.571. The molecule has 102 valence electrons. The predicted molar refractivity (Wildman–Crippen MR) is 74.7 cm³/mol. The van der Waals surface area contributed by atoms with Crippen LogP contribution in [0, 0.1) is 0 Å². The van der Waals surface area contributed by atoms with Crippen LogP contribution in [0.4, 0.5) is 0 Å². The van der Waals surface area contributed by atoms with Gasteiger partial charge in [-0.15, -0.1) is 0 Å². The molecule has 1 unspecified atom stereocenters. The zero-order chi connectivity index (χ0) is 13.9. The van der Waals surface area contributed by atoms with Crippen LogP contribution in [0.1, 0.15) is 55.9 Å². The minimum absolute atomic E-state index is 0.143. The minimum Gasteiger partial charge on any atom is -0.507 e. The first-order valence-corrected chi connectivity index (χ1v) is 8.28. The Morgan fingerprint density at radius 3 is 2.11 bits per heavy atom. The summed E-state index contributed by atoms with van der Waals surface area (Å²) in [5, 5.41) is 9.62. The quantitative estimate of drug-likeness (QED) is 0.892. The van der Waals surface area contributed by atoms with E-state index in [0.29, 0.717) is 5.56 Å². The van der Waals surface area contributed by atoms with E-state index in [1.807, 2.05) is 12.1 Å². The smallest absolute Gasteiger partial charge is 0.154 e.